The fourth-order valence-corrected chi connectivity index (χ4v) is 3.00. The van der Waals surface area contributed by atoms with E-state index in [2.05, 4.69) is 0 Å². The van der Waals surface area contributed by atoms with Gasteiger partial charge in [0.15, 0.2) is 0 Å². The fraction of sp³-hybridized carbons (Fsp3) is 0.455. The van der Waals surface area contributed by atoms with Crippen molar-refractivity contribution in [2.24, 2.45) is 0 Å². The van der Waals surface area contributed by atoms with Crippen LogP contribution in [0.2, 0.25) is 0 Å². The van der Waals surface area contributed by atoms with Gasteiger partial charge in [-0.25, -0.2) is 0 Å². The zero-order valence-electron chi connectivity index (χ0n) is 17.0. The Kier molecular flexibility index (Phi) is 7.69. The number of nitrogens with zero attached hydrogens (tertiary/aromatic N) is 2. The third kappa shape index (κ3) is 6.41. The second-order valence-electron chi connectivity index (χ2n) is 7.84. The monoisotopic (exact) mass is 404 g/mol. The van der Waals surface area contributed by atoms with E-state index >= 15 is 0 Å². The second kappa shape index (κ2) is 9.78. The van der Waals surface area contributed by atoms with Gasteiger partial charge in [0, 0.05) is 12.1 Å². The first-order valence-corrected chi connectivity index (χ1v) is 9.91. The number of furan rings is 1. The van der Waals surface area contributed by atoms with Gasteiger partial charge in [0.2, 0.25) is 11.8 Å². The van der Waals surface area contributed by atoms with Crippen molar-refractivity contribution in [1.82, 2.24) is 9.80 Å². The summed E-state index contributed by atoms with van der Waals surface area (Å²) >= 11 is 6.02. The summed E-state index contributed by atoms with van der Waals surface area (Å²) in [6.07, 6.45) is 2.32. The molecule has 0 spiro atoms. The van der Waals surface area contributed by atoms with Crippen LogP contribution in [-0.4, -0.2) is 45.6 Å². The number of carbonyl (C=O) groups excluding carboxylic acids is 2. The first-order chi connectivity index (χ1) is 13.2. The number of alkyl halides is 1. The molecule has 0 bridgehead atoms. The van der Waals surface area contributed by atoms with Gasteiger partial charge in [-0.1, -0.05) is 30.3 Å². The first kappa shape index (κ1) is 22.0. The van der Waals surface area contributed by atoms with E-state index in [0.717, 1.165) is 12.0 Å². The Morgan fingerprint density at radius 2 is 1.79 bits per heavy atom. The molecule has 0 aliphatic carbocycles. The topological polar surface area (TPSA) is 53.8 Å². The summed E-state index contributed by atoms with van der Waals surface area (Å²) in [4.78, 5) is 29.0. The average molecular weight is 405 g/mol. The molecule has 0 N–H and O–H groups in total. The Balaban J connectivity index is 2.15. The summed E-state index contributed by atoms with van der Waals surface area (Å²) in [5, 5.41) is -0.685. The Morgan fingerprint density at radius 1 is 1.11 bits per heavy atom. The van der Waals surface area contributed by atoms with E-state index in [4.69, 9.17) is 16.0 Å². The molecular formula is C22H29ClN2O3. The molecule has 2 amide bonds. The van der Waals surface area contributed by atoms with E-state index in [1.807, 2.05) is 57.2 Å². The lowest BCUT2D eigenvalue weighted by molar-refractivity contribution is -0.144. The van der Waals surface area contributed by atoms with Gasteiger partial charge in [0.05, 0.1) is 12.8 Å². The quantitative estimate of drug-likeness (QED) is 0.622. The van der Waals surface area contributed by atoms with Crippen molar-refractivity contribution >= 4 is 23.4 Å². The highest BCUT2D eigenvalue weighted by atomic mass is 35.5. The predicted molar refractivity (Wildman–Crippen MR) is 111 cm³/mol. The molecule has 0 fully saturated rings. The molecule has 2 aromatic rings. The highest BCUT2D eigenvalue weighted by Gasteiger charge is 2.32. The van der Waals surface area contributed by atoms with Crippen molar-refractivity contribution in [3.8, 4) is 0 Å². The summed E-state index contributed by atoms with van der Waals surface area (Å²) in [7, 11) is 0. The molecule has 6 heteroatoms. The largest absolute Gasteiger partial charge is 0.467 e. The van der Waals surface area contributed by atoms with Crippen LogP contribution in [-0.2, 0) is 22.6 Å². The molecule has 1 aromatic carbocycles. The molecule has 0 saturated heterocycles. The molecule has 0 aliphatic heterocycles. The van der Waals surface area contributed by atoms with E-state index in [1.54, 1.807) is 29.1 Å². The minimum atomic E-state index is -0.685. The van der Waals surface area contributed by atoms with Crippen LogP contribution in [0.1, 0.15) is 39.0 Å². The van der Waals surface area contributed by atoms with Crippen LogP contribution in [0.4, 0.5) is 0 Å². The Hall–Kier alpha value is -2.27. The van der Waals surface area contributed by atoms with Crippen LogP contribution in [0.3, 0.4) is 0 Å². The van der Waals surface area contributed by atoms with Gasteiger partial charge in [-0.05, 0) is 51.8 Å². The van der Waals surface area contributed by atoms with E-state index < -0.39 is 10.9 Å². The molecule has 5 nitrogen and oxygen atoms in total. The number of amides is 2. The average Bonchev–Trinajstić information content (AvgIpc) is 3.15. The molecule has 1 atom stereocenters. The summed E-state index contributed by atoms with van der Waals surface area (Å²) in [5.74, 6) is 0.331. The predicted octanol–water partition coefficient (Wildman–Crippen LogP) is 4.11. The number of hydrogen-bond acceptors (Lipinski definition) is 3. The molecular weight excluding hydrogens is 376 g/mol. The van der Waals surface area contributed by atoms with Crippen LogP contribution in [0.25, 0.3) is 0 Å². The second-order valence-corrected chi connectivity index (χ2v) is 8.50. The maximum Gasteiger partial charge on any atom is 0.242 e. The number of carbonyl (C=O) groups is 2. The molecule has 0 saturated carbocycles. The SMILES string of the molecule is CC(Cl)C(=O)N(CC(=O)N(CCc1ccccc1)Cc1ccco1)C(C)(C)C. The zero-order valence-corrected chi connectivity index (χ0v) is 17.8. The van der Waals surface area contributed by atoms with Crippen molar-refractivity contribution in [2.45, 2.75) is 51.6 Å². The van der Waals surface area contributed by atoms with Crippen LogP contribution in [0.15, 0.2) is 53.1 Å². The Bertz CT molecular complexity index is 752. The number of rotatable bonds is 8. The maximum absolute atomic E-state index is 13.1. The molecule has 1 heterocycles. The lowest BCUT2D eigenvalue weighted by Crippen LogP contribution is -2.53. The van der Waals surface area contributed by atoms with Crippen LogP contribution in [0, 0.1) is 0 Å². The zero-order chi connectivity index (χ0) is 20.7. The van der Waals surface area contributed by atoms with Gasteiger partial charge in [0.1, 0.15) is 17.7 Å². The highest BCUT2D eigenvalue weighted by Crippen LogP contribution is 2.18. The Labute approximate surface area is 172 Å². The molecule has 0 aliphatic rings. The minimum absolute atomic E-state index is 0.0190. The maximum atomic E-state index is 13.1. The molecule has 1 aromatic heterocycles. The molecule has 0 radical (unpaired) electrons. The molecule has 2 rings (SSSR count). The van der Waals surface area contributed by atoms with Crippen molar-refractivity contribution in [3.63, 3.8) is 0 Å². The first-order valence-electron chi connectivity index (χ1n) is 9.48. The van der Waals surface area contributed by atoms with E-state index in [9.17, 15) is 9.59 Å². The van der Waals surface area contributed by atoms with Gasteiger partial charge >= 0.3 is 0 Å². The smallest absolute Gasteiger partial charge is 0.242 e. The normalized spacial score (nSPS) is 12.5. The van der Waals surface area contributed by atoms with Crippen LogP contribution in [0.5, 0.6) is 0 Å². The van der Waals surface area contributed by atoms with Crippen LogP contribution >= 0.6 is 11.6 Å². The lowest BCUT2D eigenvalue weighted by Gasteiger charge is -2.37. The Morgan fingerprint density at radius 3 is 2.32 bits per heavy atom. The molecule has 152 valence electrons. The van der Waals surface area contributed by atoms with Crippen molar-refractivity contribution < 1.29 is 14.0 Å². The van der Waals surface area contributed by atoms with E-state index in [0.29, 0.717) is 18.8 Å². The summed E-state index contributed by atoms with van der Waals surface area (Å²) in [5.41, 5.74) is 0.643. The molecule has 1 unspecified atom stereocenters. The van der Waals surface area contributed by atoms with Crippen molar-refractivity contribution in [3.05, 3.63) is 60.1 Å². The minimum Gasteiger partial charge on any atom is -0.467 e. The van der Waals surface area contributed by atoms with Crippen molar-refractivity contribution in [2.75, 3.05) is 13.1 Å². The standard InChI is InChI=1S/C22H29ClN2O3/c1-17(23)21(27)25(22(2,3)4)16-20(26)24(15-19-11-8-14-28-19)13-12-18-9-6-5-7-10-18/h5-11,14,17H,12-13,15-16H2,1-4H3. The van der Waals surface area contributed by atoms with Gasteiger partial charge in [-0.2, -0.15) is 0 Å². The summed E-state index contributed by atoms with van der Waals surface area (Å²) < 4.78 is 5.43. The molecule has 28 heavy (non-hydrogen) atoms. The van der Waals surface area contributed by atoms with Gasteiger partial charge in [-0.15, -0.1) is 11.6 Å². The van der Waals surface area contributed by atoms with Gasteiger partial charge in [0.25, 0.3) is 0 Å². The van der Waals surface area contributed by atoms with Crippen molar-refractivity contribution in [1.29, 1.82) is 0 Å². The fourth-order valence-electron chi connectivity index (χ4n) is 2.89. The highest BCUT2D eigenvalue weighted by molar-refractivity contribution is 6.30. The summed E-state index contributed by atoms with van der Waals surface area (Å²) in [6, 6.07) is 13.7. The lowest BCUT2D eigenvalue weighted by atomic mass is 10.0. The van der Waals surface area contributed by atoms with Gasteiger partial charge < -0.3 is 14.2 Å². The third-order valence-electron chi connectivity index (χ3n) is 4.50. The third-order valence-corrected chi connectivity index (χ3v) is 4.69. The number of hydrogen-bond donors (Lipinski definition) is 0. The van der Waals surface area contributed by atoms with Crippen LogP contribution < -0.4 is 0 Å². The summed E-state index contributed by atoms with van der Waals surface area (Å²) in [6.45, 7) is 8.21. The van der Waals surface area contributed by atoms with E-state index in [1.165, 1.54) is 0 Å². The number of halogens is 1. The van der Waals surface area contributed by atoms with Gasteiger partial charge in [-0.3, -0.25) is 9.59 Å². The number of benzene rings is 1. The van der Waals surface area contributed by atoms with E-state index in [-0.39, 0.29) is 18.4 Å².